The van der Waals surface area contributed by atoms with E-state index >= 15 is 0 Å². The molecule has 1 aliphatic carbocycles. The first-order chi connectivity index (χ1) is 15.2. The topological polar surface area (TPSA) is 58.9 Å². The van der Waals surface area contributed by atoms with Gasteiger partial charge in [-0.25, -0.2) is 9.97 Å². The quantitative estimate of drug-likeness (QED) is 0.681. The van der Waals surface area contributed by atoms with Crippen molar-refractivity contribution in [2.75, 3.05) is 18.0 Å². The van der Waals surface area contributed by atoms with Gasteiger partial charge in [0, 0.05) is 19.3 Å². The summed E-state index contributed by atoms with van der Waals surface area (Å²) in [5.41, 5.74) is 8.79. The van der Waals surface area contributed by atoms with Crippen molar-refractivity contribution in [1.29, 1.82) is 0 Å². The fourth-order valence-electron chi connectivity index (χ4n) is 5.18. The molecular weight excluding hydrogens is 384 g/mol. The maximum absolute atomic E-state index is 5.22. The third kappa shape index (κ3) is 3.53. The van der Waals surface area contributed by atoms with Crippen LogP contribution >= 0.6 is 0 Å². The van der Waals surface area contributed by atoms with Gasteiger partial charge >= 0.3 is 0 Å². The Balaban J connectivity index is 1.69. The van der Waals surface area contributed by atoms with Gasteiger partial charge in [0.1, 0.15) is 0 Å². The monoisotopic (exact) mass is 416 g/mol. The van der Waals surface area contributed by atoms with Gasteiger partial charge in [-0.05, 0) is 73.9 Å². The Morgan fingerprint density at radius 3 is 2.45 bits per heavy atom. The number of benzene rings is 1. The Morgan fingerprint density at radius 1 is 1.03 bits per heavy atom. The van der Waals surface area contributed by atoms with Crippen molar-refractivity contribution < 1.29 is 0 Å². The minimum atomic E-state index is 0.395. The van der Waals surface area contributed by atoms with Gasteiger partial charge in [-0.15, -0.1) is 0 Å². The molecule has 0 spiro atoms. The van der Waals surface area contributed by atoms with E-state index in [4.69, 9.17) is 9.97 Å². The van der Waals surface area contributed by atoms with E-state index in [1.165, 1.54) is 27.9 Å². The normalized spacial score (nSPS) is 16.1. The SMILES string of the molecule is CCc1cccc(CC)c1N(c1ncc2c(n1)-c1c(cnn1C)CC2)C1CCNCC1. The zero-order valence-corrected chi connectivity index (χ0v) is 18.9. The summed E-state index contributed by atoms with van der Waals surface area (Å²) in [6.45, 7) is 6.56. The van der Waals surface area contributed by atoms with Gasteiger partial charge in [0.25, 0.3) is 0 Å². The minimum absolute atomic E-state index is 0.395. The van der Waals surface area contributed by atoms with Crippen molar-refractivity contribution in [2.24, 2.45) is 7.05 Å². The van der Waals surface area contributed by atoms with Crippen LogP contribution in [-0.4, -0.2) is 38.9 Å². The molecule has 1 saturated heterocycles. The van der Waals surface area contributed by atoms with E-state index in [0.717, 1.165) is 69.0 Å². The van der Waals surface area contributed by atoms with Crippen molar-refractivity contribution in [2.45, 2.75) is 58.4 Å². The van der Waals surface area contributed by atoms with Crippen molar-refractivity contribution in [3.8, 4) is 11.4 Å². The largest absolute Gasteiger partial charge is 0.317 e. The highest BCUT2D eigenvalue weighted by Gasteiger charge is 2.30. The van der Waals surface area contributed by atoms with Crippen LogP contribution in [0, 0.1) is 0 Å². The lowest BCUT2D eigenvalue weighted by Crippen LogP contribution is -2.42. The molecule has 0 saturated carbocycles. The molecule has 31 heavy (non-hydrogen) atoms. The van der Waals surface area contributed by atoms with Gasteiger partial charge in [0.15, 0.2) is 0 Å². The number of aryl methyl sites for hydroxylation is 5. The van der Waals surface area contributed by atoms with E-state index in [9.17, 15) is 0 Å². The average molecular weight is 417 g/mol. The summed E-state index contributed by atoms with van der Waals surface area (Å²) in [4.78, 5) is 12.6. The first-order valence-electron chi connectivity index (χ1n) is 11.7. The Labute approximate surface area is 184 Å². The van der Waals surface area contributed by atoms with Crippen molar-refractivity contribution in [1.82, 2.24) is 25.1 Å². The first-order valence-corrected chi connectivity index (χ1v) is 11.7. The molecule has 5 rings (SSSR count). The van der Waals surface area contributed by atoms with Crippen LogP contribution in [0.2, 0.25) is 0 Å². The summed E-state index contributed by atoms with van der Waals surface area (Å²) in [5.74, 6) is 0.829. The predicted octanol–water partition coefficient (Wildman–Crippen LogP) is 3.99. The molecule has 1 aliphatic heterocycles. The zero-order valence-electron chi connectivity index (χ0n) is 18.9. The molecule has 162 valence electrons. The molecule has 1 N–H and O–H groups in total. The number of para-hydroxylation sites is 1. The molecule has 2 aliphatic rings. The minimum Gasteiger partial charge on any atom is -0.317 e. The zero-order chi connectivity index (χ0) is 21.4. The molecule has 1 fully saturated rings. The third-order valence-corrected chi connectivity index (χ3v) is 6.85. The van der Waals surface area contributed by atoms with E-state index in [-0.39, 0.29) is 0 Å². The fraction of sp³-hybridized carbons (Fsp3) is 0.480. The molecule has 6 heteroatoms. The Kier molecular flexibility index (Phi) is 5.48. The number of nitrogens with zero attached hydrogens (tertiary/aromatic N) is 5. The molecule has 6 nitrogen and oxygen atoms in total. The van der Waals surface area contributed by atoms with Crippen LogP contribution in [0.3, 0.4) is 0 Å². The second-order valence-corrected chi connectivity index (χ2v) is 8.67. The molecule has 3 aromatic rings. The lowest BCUT2D eigenvalue weighted by atomic mass is 9.95. The summed E-state index contributed by atoms with van der Waals surface area (Å²) in [6, 6.07) is 7.12. The summed E-state index contributed by atoms with van der Waals surface area (Å²) >= 11 is 0. The standard InChI is InChI=1S/C25H32N6/c1-4-17-7-6-8-18(5-2)23(17)31(21-11-13-26-14-12-21)25-27-15-19-9-10-20-16-28-30(3)24(20)22(19)29-25/h6-8,15-16,21,26H,4-5,9-14H2,1-3H3. The number of nitrogens with one attached hydrogen (secondary N) is 1. The van der Waals surface area contributed by atoms with Gasteiger partial charge in [-0.2, -0.15) is 5.10 Å². The van der Waals surface area contributed by atoms with E-state index in [0.29, 0.717) is 6.04 Å². The van der Waals surface area contributed by atoms with Crippen molar-refractivity contribution in [3.63, 3.8) is 0 Å². The smallest absolute Gasteiger partial charge is 0.230 e. The summed E-state index contributed by atoms with van der Waals surface area (Å²) in [5, 5.41) is 8.03. The van der Waals surface area contributed by atoms with Crippen LogP contribution in [0.15, 0.2) is 30.6 Å². The fourth-order valence-corrected chi connectivity index (χ4v) is 5.18. The number of piperidine rings is 1. The lowest BCUT2D eigenvalue weighted by Gasteiger charge is -2.37. The first kappa shape index (κ1) is 20.2. The molecule has 3 heterocycles. The lowest BCUT2D eigenvalue weighted by molar-refractivity contribution is 0.448. The van der Waals surface area contributed by atoms with Gasteiger partial charge in [0.05, 0.1) is 23.3 Å². The second kappa shape index (κ2) is 8.42. The molecule has 0 bridgehead atoms. The molecule has 1 aromatic carbocycles. The highest BCUT2D eigenvalue weighted by atomic mass is 15.3. The van der Waals surface area contributed by atoms with E-state index in [2.05, 4.69) is 53.6 Å². The highest BCUT2D eigenvalue weighted by molar-refractivity contribution is 5.71. The van der Waals surface area contributed by atoms with Gasteiger partial charge < -0.3 is 10.2 Å². The maximum atomic E-state index is 5.22. The van der Waals surface area contributed by atoms with E-state index < -0.39 is 0 Å². The predicted molar refractivity (Wildman–Crippen MR) is 125 cm³/mol. The van der Waals surface area contributed by atoms with Gasteiger partial charge in [0.2, 0.25) is 5.95 Å². The third-order valence-electron chi connectivity index (χ3n) is 6.85. The number of anilines is 2. The van der Waals surface area contributed by atoms with Crippen LogP contribution in [0.1, 0.15) is 48.9 Å². The summed E-state index contributed by atoms with van der Waals surface area (Å²) < 4.78 is 1.97. The van der Waals surface area contributed by atoms with Gasteiger partial charge in [-0.1, -0.05) is 32.0 Å². The molecule has 0 atom stereocenters. The Hall–Kier alpha value is -2.73. The number of rotatable bonds is 5. The van der Waals surface area contributed by atoms with Crippen LogP contribution in [-0.2, 0) is 32.7 Å². The molecule has 2 aromatic heterocycles. The average Bonchev–Trinajstić information content (AvgIpc) is 3.21. The number of fused-ring (bicyclic) bond motifs is 3. The molecular formula is C25H32N6. The van der Waals surface area contributed by atoms with Crippen LogP contribution in [0.4, 0.5) is 11.6 Å². The van der Waals surface area contributed by atoms with Crippen molar-refractivity contribution >= 4 is 11.6 Å². The molecule has 0 amide bonds. The Bertz CT molecular complexity index is 1060. The Morgan fingerprint density at radius 2 is 1.74 bits per heavy atom. The van der Waals surface area contributed by atoms with Gasteiger partial charge in [-0.3, -0.25) is 4.68 Å². The maximum Gasteiger partial charge on any atom is 0.230 e. The molecule has 0 unspecified atom stereocenters. The number of hydrogen-bond acceptors (Lipinski definition) is 5. The van der Waals surface area contributed by atoms with Crippen LogP contribution in [0.25, 0.3) is 11.4 Å². The van der Waals surface area contributed by atoms with Crippen LogP contribution in [0.5, 0.6) is 0 Å². The van der Waals surface area contributed by atoms with Crippen molar-refractivity contribution in [3.05, 3.63) is 52.8 Å². The van der Waals surface area contributed by atoms with E-state index in [1.807, 2.05) is 17.9 Å². The highest BCUT2D eigenvalue weighted by Crippen LogP contribution is 2.38. The second-order valence-electron chi connectivity index (χ2n) is 8.67. The van der Waals surface area contributed by atoms with E-state index in [1.54, 1.807) is 0 Å². The number of aromatic nitrogens is 4. The summed E-state index contributed by atoms with van der Waals surface area (Å²) in [6.07, 6.45) is 10.2. The number of hydrogen-bond donors (Lipinski definition) is 1. The van der Waals surface area contributed by atoms with Crippen LogP contribution < -0.4 is 10.2 Å². The molecule has 0 radical (unpaired) electrons. The summed E-state index contributed by atoms with van der Waals surface area (Å²) in [7, 11) is 2.02.